The summed E-state index contributed by atoms with van der Waals surface area (Å²) in [6.45, 7) is 1.96. The highest BCUT2D eigenvalue weighted by Crippen LogP contribution is 2.21. The quantitative estimate of drug-likeness (QED) is 0.738. The molecule has 0 saturated heterocycles. The number of aryl methyl sites for hydroxylation is 1. The van der Waals surface area contributed by atoms with Crippen molar-refractivity contribution in [1.82, 2.24) is 0 Å². The fourth-order valence-electron chi connectivity index (χ4n) is 1.64. The molecule has 0 aliphatic heterocycles. The van der Waals surface area contributed by atoms with Gasteiger partial charge in [-0.2, -0.15) is 0 Å². The Balaban J connectivity index is 2.43. The van der Waals surface area contributed by atoms with E-state index in [0.717, 1.165) is 10.0 Å². The van der Waals surface area contributed by atoms with Crippen LogP contribution in [0.3, 0.4) is 0 Å². The SMILES string of the molecule is Cc1cccc(C(=O)c2cc(Cl)cc(Br)c2)c1. The zero-order valence-corrected chi connectivity index (χ0v) is 11.5. The highest BCUT2D eigenvalue weighted by atomic mass is 79.9. The standard InChI is InChI=1S/C14H10BrClO/c1-9-3-2-4-10(5-9)14(17)11-6-12(15)8-13(16)7-11/h2-8H,1H3. The smallest absolute Gasteiger partial charge is 0.193 e. The van der Waals surface area contributed by atoms with Crippen molar-refractivity contribution in [2.45, 2.75) is 6.92 Å². The Kier molecular flexibility index (Phi) is 3.65. The number of rotatable bonds is 2. The average molecular weight is 310 g/mol. The molecule has 2 aromatic rings. The van der Waals surface area contributed by atoms with Crippen LogP contribution in [0.2, 0.25) is 5.02 Å². The van der Waals surface area contributed by atoms with Gasteiger partial charge in [0.2, 0.25) is 0 Å². The molecule has 0 amide bonds. The van der Waals surface area contributed by atoms with Gasteiger partial charge < -0.3 is 0 Å². The van der Waals surface area contributed by atoms with E-state index < -0.39 is 0 Å². The highest BCUT2D eigenvalue weighted by Gasteiger charge is 2.10. The van der Waals surface area contributed by atoms with Crippen LogP contribution in [0.15, 0.2) is 46.9 Å². The Morgan fingerprint density at radius 3 is 2.53 bits per heavy atom. The summed E-state index contributed by atoms with van der Waals surface area (Å²) in [6, 6.07) is 12.7. The zero-order chi connectivity index (χ0) is 12.4. The fourth-order valence-corrected chi connectivity index (χ4v) is 2.50. The minimum atomic E-state index is -0.0168. The molecule has 0 aliphatic carbocycles. The first-order chi connectivity index (χ1) is 8.06. The van der Waals surface area contributed by atoms with Gasteiger partial charge in [-0.25, -0.2) is 0 Å². The van der Waals surface area contributed by atoms with E-state index in [1.807, 2.05) is 31.2 Å². The molecule has 0 aromatic heterocycles. The van der Waals surface area contributed by atoms with Crippen molar-refractivity contribution in [3.63, 3.8) is 0 Å². The van der Waals surface area contributed by atoms with Crippen molar-refractivity contribution in [2.24, 2.45) is 0 Å². The molecule has 86 valence electrons. The Labute approximate surface area is 114 Å². The number of ketones is 1. The predicted molar refractivity (Wildman–Crippen MR) is 73.8 cm³/mol. The monoisotopic (exact) mass is 308 g/mol. The molecule has 3 heteroatoms. The summed E-state index contributed by atoms with van der Waals surface area (Å²) >= 11 is 9.26. The molecule has 0 spiro atoms. The van der Waals surface area contributed by atoms with Crippen LogP contribution < -0.4 is 0 Å². The highest BCUT2D eigenvalue weighted by molar-refractivity contribution is 9.10. The fraction of sp³-hybridized carbons (Fsp3) is 0.0714. The first kappa shape index (κ1) is 12.3. The van der Waals surface area contributed by atoms with E-state index >= 15 is 0 Å². The summed E-state index contributed by atoms with van der Waals surface area (Å²) < 4.78 is 0.806. The van der Waals surface area contributed by atoms with Crippen molar-refractivity contribution in [1.29, 1.82) is 0 Å². The van der Waals surface area contributed by atoms with E-state index in [-0.39, 0.29) is 5.78 Å². The molecule has 0 fully saturated rings. The number of hydrogen-bond acceptors (Lipinski definition) is 1. The number of carbonyl (C=O) groups is 1. The van der Waals surface area contributed by atoms with Crippen molar-refractivity contribution >= 4 is 33.3 Å². The lowest BCUT2D eigenvalue weighted by atomic mass is 10.0. The van der Waals surface area contributed by atoms with E-state index in [2.05, 4.69) is 15.9 Å². The van der Waals surface area contributed by atoms with E-state index in [9.17, 15) is 4.79 Å². The number of carbonyl (C=O) groups excluding carboxylic acids is 1. The van der Waals surface area contributed by atoms with Crippen molar-refractivity contribution in [2.75, 3.05) is 0 Å². The van der Waals surface area contributed by atoms with Gasteiger partial charge in [0.05, 0.1) is 0 Å². The number of halogens is 2. The van der Waals surface area contributed by atoms with Gasteiger partial charge in [-0.1, -0.05) is 51.3 Å². The molecule has 0 N–H and O–H groups in total. The van der Waals surface area contributed by atoms with Crippen LogP contribution in [0.25, 0.3) is 0 Å². The Bertz CT molecular complexity index is 558. The Hall–Kier alpha value is -1.12. The van der Waals surface area contributed by atoms with Crippen molar-refractivity contribution in [3.05, 3.63) is 68.7 Å². The van der Waals surface area contributed by atoms with Gasteiger partial charge in [-0.05, 0) is 31.2 Å². The summed E-state index contributed by atoms with van der Waals surface area (Å²) in [5.74, 6) is -0.0168. The summed E-state index contributed by atoms with van der Waals surface area (Å²) in [4.78, 5) is 12.2. The molecular weight excluding hydrogens is 300 g/mol. The second kappa shape index (κ2) is 5.03. The van der Waals surface area contributed by atoms with Crippen LogP contribution in [0.4, 0.5) is 0 Å². The molecule has 2 rings (SSSR count). The predicted octanol–water partition coefficient (Wildman–Crippen LogP) is 4.64. The normalized spacial score (nSPS) is 10.3. The zero-order valence-electron chi connectivity index (χ0n) is 9.21. The van der Waals surface area contributed by atoms with Crippen LogP contribution in [-0.4, -0.2) is 5.78 Å². The lowest BCUT2D eigenvalue weighted by Crippen LogP contribution is -2.01. The third kappa shape index (κ3) is 2.96. The lowest BCUT2D eigenvalue weighted by Gasteiger charge is -2.04. The largest absolute Gasteiger partial charge is 0.289 e. The molecule has 2 aromatic carbocycles. The third-order valence-corrected chi connectivity index (χ3v) is 3.08. The van der Waals surface area contributed by atoms with Gasteiger partial charge in [0.1, 0.15) is 0 Å². The van der Waals surface area contributed by atoms with Crippen LogP contribution in [-0.2, 0) is 0 Å². The molecular formula is C14H10BrClO. The maximum atomic E-state index is 12.2. The van der Waals surface area contributed by atoms with Crippen molar-refractivity contribution in [3.8, 4) is 0 Å². The second-order valence-corrected chi connectivity index (χ2v) is 5.21. The van der Waals surface area contributed by atoms with Gasteiger partial charge in [0, 0.05) is 20.6 Å². The molecule has 0 atom stereocenters. The van der Waals surface area contributed by atoms with Gasteiger partial charge in [-0.3, -0.25) is 4.79 Å². The van der Waals surface area contributed by atoms with Crippen LogP contribution in [0.1, 0.15) is 21.5 Å². The summed E-state index contributed by atoms with van der Waals surface area (Å²) in [7, 11) is 0. The number of hydrogen-bond donors (Lipinski definition) is 0. The first-order valence-corrected chi connectivity index (χ1v) is 6.31. The Morgan fingerprint density at radius 2 is 1.88 bits per heavy atom. The van der Waals surface area contributed by atoms with Crippen LogP contribution in [0.5, 0.6) is 0 Å². The van der Waals surface area contributed by atoms with E-state index in [1.54, 1.807) is 18.2 Å². The molecule has 0 unspecified atom stereocenters. The molecule has 0 aliphatic rings. The molecule has 17 heavy (non-hydrogen) atoms. The number of benzene rings is 2. The van der Waals surface area contributed by atoms with Gasteiger partial charge in [-0.15, -0.1) is 0 Å². The third-order valence-electron chi connectivity index (χ3n) is 2.41. The minimum Gasteiger partial charge on any atom is -0.289 e. The maximum Gasteiger partial charge on any atom is 0.193 e. The average Bonchev–Trinajstić information content (AvgIpc) is 2.26. The molecule has 0 bridgehead atoms. The molecule has 0 heterocycles. The van der Waals surface area contributed by atoms with Crippen molar-refractivity contribution < 1.29 is 4.79 Å². The lowest BCUT2D eigenvalue weighted by molar-refractivity contribution is 0.103. The van der Waals surface area contributed by atoms with Gasteiger partial charge >= 0.3 is 0 Å². The Morgan fingerprint density at radius 1 is 1.12 bits per heavy atom. The molecule has 0 radical (unpaired) electrons. The van der Waals surface area contributed by atoms with E-state index in [0.29, 0.717) is 16.1 Å². The van der Waals surface area contributed by atoms with Crippen LogP contribution in [0, 0.1) is 6.92 Å². The first-order valence-electron chi connectivity index (χ1n) is 5.14. The van der Waals surface area contributed by atoms with Crippen LogP contribution >= 0.6 is 27.5 Å². The molecule has 0 saturated carbocycles. The molecule has 1 nitrogen and oxygen atoms in total. The summed E-state index contributed by atoms with van der Waals surface area (Å²) in [5, 5.41) is 0.551. The van der Waals surface area contributed by atoms with Gasteiger partial charge in [0.15, 0.2) is 5.78 Å². The second-order valence-electron chi connectivity index (χ2n) is 3.86. The maximum absolute atomic E-state index is 12.2. The van der Waals surface area contributed by atoms with E-state index in [4.69, 9.17) is 11.6 Å². The minimum absolute atomic E-state index is 0.0168. The summed E-state index contributed by atoms with van der Waals surface area (Å²) in [5.41, 5.74) is 2.34. The van der Waals surface area contributed by atoms with E-state index in [1.165, 1.54) is 0 Å². The topological polar surface area (TPSA) is 17.1 Å². The summed E-state index contributed by atoms with van der Waals surface area (Å²) in [6.07, 6.45) is 0. The van der Waals surface area contributed by atoms with Gasteiger partial charge in [0.25, 0.3) is 0 Å².